The van der Waals surface area contributed by atoms with Crippen molar-refractivity contribution in [3.8, 4) is 0 Å². The van der Waals surface area contributed by atoms with Crippen LogP contribution in [0.25, 0.3) is 0 Å². The number of rotatable bonds is 9. The smallest absolute Gasteiger partial charge is 0.327 e. The highest BCUT2D eigenvalue weighted by Crippen LogP contribution is 2.03. The topological polar surface area (TPSA) is 95.5 Å². The van der Waals surface area contributed by atoms with Crippen LogP contribution < -0.4 is 10.6 Å². The van der Waals surface area contributed by atoms with Gasteiger partial charge in [-0.15, -0.1) is 11.8 Å². The first kappa shape index (κ1) is 15.8. The highest BCUT2D eigenvalue weighted by molar-refractivity contribution is 8.00. The molecule has 0 saturated carbocycles. The number of thioether (sulfide) groups is 1. The van der Waals surface area contributed by atoms with Gasteiger partial charge in [0.15, 0.2) is 0 Å². The zero-order valence-corrected chi connectivity index (χ0v) is 10.8. The Morgan fingerprint density at radius 3 is 2.53 bits per heavy atom. The molecule has 0 heterocycles. The number of aliphatic carboxylic acids is 1. The predicted octanol–water partition coefficient (Wildman–Crippen LogP) is -0.309. The lowest BCUT2D eigenvalue weighted by Gasteiger charge is -2.11. The molecule has 3 N–H and O–H groups in total. The number of carboxylic acid groups (broad SMARTS) is 1. The fourth-order valence-electron chi connectivity index (χ4n) is 0.911. The molecule has 0 aromatic rings. The third kappa shape index (κ3) is 8.56. The Bertz CT molecular complexity index is 271. The molecule has 0 radical (unpaired) electrons. The number of carbonyl (C=O) groups is 3. The van der Waals surface area contributed by atoms with Crippen molar-refractivity contribution in [2.75, 3.05) is 18.1 Å². The number of amides is 2. The van der Waals surface area contributed by atoms with Crippen LogP contribution in [0.2, 0.25) is 0 Å². The van der Waals surface area contributed by atoms with E-state index in [1.807, 2.05) is 13.8 Å². The molecule has 0 aromatic heterocycles. The normalized spacial score (nSPS) is 11.9. The van der Waals surface area contributed by atoms with Crippen molar-refractivity contribution in [3.05, 3.63) is 0 Å². The SMILES string of the molecule is CC(C)CNC(=O)CSCC(NC=O)C(=O)O. The van der Waals surface area contributed by atoms with Gasteiger partial charge in [-0.2, -0.15) is 0 Å². The van der Waals surface area contributed by atoms with E-state index in [1.54, 1.807) is 0 Å². The summed E-state index contributed by atoms with van der Waals surface area (Å²) >= 11 is 1.18. The first-order chi connectivity index (χ1) is 7.97. The van der Waals surface area contributed by atoms with E-state index in [4.69, 9.17) is 5.11 Å². The second-order valence-corrected chi connectivity index (χ2v) is 4.92. The lowest BCUT2D eigenvalue weighted by atomic mass is 10.2. The van der Waals surface area contributed by atoms with Crippen molar-refractivity contribution in [1.82, 2.24) is 10.6 Å². The molecule has 0 saturated heterocycles. The van der Waals surface area contributed by atoms with Crippen molar-refractivity contribution in [3.63, 3.8) is 0 Å². The minimum absolute atomic E-state index is 0.126. The molecule has 1 atom stereocenters. The standard InChI is InChI=1S/C10H18N2O4S/c1-7(2)3-11-9(14)5-17-4-8(10(15)16)12-6-13/h6-8H,3-5H2,1-2H3,(H,11,14)(H,12,13)(H,15,16). The molecule has 0 fully saturated rings. The van der Waals surface area contributed by atoms with Crippen molar-refractivity contribution in [1.29, 1.82) is 0 Å². The third-order valence-corrected chi connectivity index (χ3v) is 2.83. The maximum atomic E-state index is 11.3. The number of hydrogen-bond donors (Lipinski definition) is 3. The summed E-state index contributed by atoms with van der Waals surface area (Å²) in [7, 11) is 0. The second kappa shape index (κ2) is 8.86. The van der Waals surface area contributed by atoms with Crippen LogP contribution >= 0.6 is 11.8 Å². The maximum Gasteiger partial charge on any atom is 0.327 e. The summed E-state index contributed by atoms with van der Waals surface area (Å²) in [5.74, 6) is -0.487. The van der Waals surface area contributed by atoms with Gasteiger partial charge in [0.25, 0.3) is 0 Å². The van der Waals surface area contributed by atoms with Gasteiger partial charge in [0, 0.05) is 12.3 Å². The van der Waals surface area contributed by atoms with Crippen LogP contribution in [0, 0.1) is 5.92 Å². The van der Waals surface area contributed by atoms with Crippen molar-refractivity contribution in [2.45, 2.75) is 19.9 Å². The molecule has 0 aromatic carbocycles. The van der Waals surface area contributed by atoms with E-state index in [-0.39, 0.29) is 17.4 Å². The van der Waals surface area contributed by atoms with Gasteiger partial charge < -0.3 is 15.7 Å². The number of hydrogen-bond acceptors (Lipinski definition) is 4. The van der Waals surface area contributed by atoms with Gasteiger partial charge in [0.2, 0.25) is 12.3 Å². The molecule has 0 aliphatic carbocycles. The van der Waals surface area contributed by atoms with E-state index in [0.29, 0.717) is 18.9 Å². The van der Waals surface area contributed by atoms with Gasteiger partial charge in [-0.3, -0.25) is 9.59 Å². The molecule has 7 heteroatoms. The molecule has 0 aliphatic heterocycles. The van der Waals surface area contributed by atoms with Gasteiger partial charge in [-0.25, -0.2) is 4.79 Å². The molecule has 6 nitrogen and oxygen atoms in total. The van der Waals surface area contributed by atoms with Gasteiger partial charge in [-0.05, 0) is 5.92 Å². The van der Waals surface area contributed by atoms with Crippen LogP contribution in [0.15, 0.2) is 0 Å². The summed E-state index contributed by atoms with van der Waals surface area (Å²) in [5, 5.41) is 13.6. The maximum absolute atomic E-state index is 11.3. The summed E-state index contributed by atoms with van der Waals surface area (Å²) in [5.41, 5.74) is 0. The lowest BCUT2D eigenvalue weighted by Crippen LogP contribution is -2.38. The molecule has 0 spiro atoms. The Kier molecular flexibility index (Phi) is 8.21. The number of carbonyl (C=O) groups excluding carboxylic acids is 2. The van der Waals surface area contributed by atoms with Crippen molar-refractivity contribution >= 4 is 30.0 Å². The van der Waals surface area contributed by atoms with E-state index in [9.17, 15) is 14.4 Å². The molecular formula is C10H18N2O4S. The van der Waals surface area contributed by atoms with E-state index < -0.39 is 12.0 Å². The Morgan fingerprint density at radius 1 is 1.41 bits per heavy atom. The highest BCUT2D eigenvalue weighted by atomic mass is 32.2. The van der Waals surface area contributed by atoms with E-state index in [1.165, 1.54) is 11.8 Å². The first-order valence-corrected chi connectivity index (χ1v) is 6.39. The van der Waals surface area contributed by atoms with Gasteiger partial charge >= 0.3 is 5.97 Å². The van der Waals surface area contributed by atoms with Crippen molar-refractivity contribution < 1.29 is 19.5 Å². The molecule has 0 bridgehead atoms. The molecule has 1 unspecified atom stereocenters. The summed E-state index contributed by atoms with van der Waals surface area (Å²) < 4.78 is 0. The Morgan fingerprint density at radius 2 is 2.06 bits per heavy atom. The molecule has 17 heavy (non-hydrogen) atoms. The number of carboxylic acids is 1. The minimum atomic E-state index is -1.10. The van der Waals surface area contributed by atoms with Crippen LogP contribution in [0.5, 0.6) is 0 Å². The summed E-state index contributed by atoms with van der Waals surface area (Å²) in [6, 6.07) is -0.949. The van der Waals surface area contributed by atoms with Crippen LogP contribution in [0.3, 0.4) is 0 Å². The predicted molar refractivity (Wildman–Crippen MR) is 65.8 cm³/mol. The van der Waals surface area contributed by atoms with Crippen molar-refractivity contribution in [2.24, 2.45) is 5.92 Å². The quantitative estimate of drug-likeness (QED) is 0.495. The fraction of sp³-hybridized carbons (Fsp3) is 0.700. The fourth-order valence-corrected chi connectivity index (χ4v) is 1.79. The average molecular weight is 262 g/mol. The van der Waals surface area contributed by atoms with Crippen LogP contribution in [0.4, 0.5) is 0 Å². The molecular weight excluding hydrogens is 244 g/mol. The van der Waals surface area contributed by atoms with E-state index in [0.717, 1.165) is 0 Å². The Hall–Kier alpha value is -1.24. The zero-order chi connectivity index (χ0) is 13.3. The van der Waals surface area contributed by atoms with Crippen LogP contribution in [-0.4, -0.2) is 47.5 Å². The largest absolute Gasteiger partial charge is 0.480 e. The lowest BCUT2D eigenvalue weighted by molar-refractivity contribution is -0.139. The zero-order valence-electron chi connectivity index (χ0n) is 9.93. The van der Waals surface area contributed by atoms with E-state index in [2.05, 4.69) is 10.6 Å². The first-order valence-electron chi connectivity index (χ1n) is 5.24. The van der Waals surface area contributed by atoms with Gasteiger partial charge in [0.05, 0.1) is 5.75 Å². The van der Waals surface area contributed by atoms with Crippen LogP contribution in [0.1, 0.15) is 13.8 Å². The summed E-state index contributed by atoms with van der Waals surface area (Å²) in [6.07, 6.45) is 0.345. The molecule has 0 aliphatic rings. The highest BCUT2D eigenvalue weighted by Gasteiger charge is 2.16. The molecule has 2 amide bonds. The minimum Gasteiger partial charge on any atom is -0.480 e. The molecule has 98 valence electrons. The summed E-state index contributed by atoms with van der Waals surface area (Å²) in [4.78, 5) is 32.1. The Labute approximate surface area is 105 Å². The van der Waals surface area contributed by atoms with Gasteiger partial charge in [0.1, 0.15) is 6.04 Å². The van der Waals surface area contributed by atoms with Crippen LogP contribution in [-0.2, 0) is 14.4 Å². The monoisotopic (exact) mass is 262 g/mol. The van der Waals surface area contributed by atoms with E-state index >= 15 is 0 Å². The molecule has 0 rings (SSSR count). The average Bonchev–Trinajstić information content (AvgIpc) is 2.25. The summed E-state index contributed by atoms with van der Waals surface area (Å²) in [6.45, 7) is 4.58. The number of nitrogens with one attached hydrogen (secondary N) is 2. The Balaban J connectivity index is 3.76. The third-order valence-electron chi connectivity index (χ3n) is 1.79. The van der Waals surface area contributed by atoms with Gasteiger partial charge in [-0.1, -0.05) is 13.8 Å². The second-order valence-electron chi connectivity index (χ2n) is 3.89.